The van der Waals surface area contributed by atoms with Crippen molar-refractivity contribution in [3.05, 3.63) is 46.8 Å². The summed E-state index contributed by atoms with van der Waals surface area (Å²) in [5, 5.41) is 4.81. The summed E-state index contributed by atoms with van der Waals surface area (Å²) in [6, 6.07) is 8.98. The lowest BCUT2D eigenvalue weighted by molar-refractivity contribution is 0.0772. The second-order valence-corrected chi connectivity index (χ2v) is 8.31. The fourth-order valence-electron chi connectivity index (χ4n) is 4.99. The van der Waals surface area contributed by atoms with Gasteiger partial charge in [-0.1, -0.05) is 17.7 Å². The molecule has 1 aromatic carbocycles. The van der Waals surface area contributed by atoms with Crippen molar-refractivity contribution in [3.8, 4) is 5.69 Å². The van der Waals surface area contributed by atoms with Gasteiger partial charge in [-0.05, 0) is 70.7 Å². The topological polar surface area (TPSA) is 41.4 Å². The predicted octanol–water partition coefficient (Wildman–Crippen LogP) is 2.98. The molecule has 3 aliphatic rings. The van der Waals surface area contributed by atoms with Crippen LogP contribution in [0.2, 0.25) is 0 Å². The molecule has 2 aliphatic heterocycles. The van der Waals surface area contributed by atoms with Gasteiger partial charge in [0.05, 0.1) is 5.69 Å². The van der Waals surface area contributed by atoms with Crippen molar-refractivity contribution in [3.63, 3.8) is 0 Å². The van der Waals surface area contributed by atoms with Crippen LogP contribution in [0.5, 0.6) is 0 Å². The molecule has 1 aromatic heterocycles. The molecular formula is C22H28N4O. The first kappa shape index (κ1) is 17.0. The second-order valence-electron chi connectivity index (χ2n) is 8.31. The molecular weight excluding hydrogens is 336 g/mol. The van der Waals surface area contributed by atoms with Gasteiger partial charge in [-0.3, -0.25) is 9.69 Å². The number of benzene rings is 1. The fourth-order valence-corrected chi connectivity index (χ4v) is 4.99. The molecule has 1 amide bonds. The Morgan fingerprint density at radius 2 is 1.81 bits per heavy atom. The number of rotatable bonds is 3. The molecule has 5 rings (SSSR count). The summed E-state index contributed by atoms with van der Waals surface area (Å²) in [5.74, 6) is 0.140. The second kappa shape index (κ2) is 6.79. The SMILES string of the molecule is Cc1ccc(-n2nc(C(=O)N3CCC(N4CCCC4)C3)c3c2CCC3)cc1. The van der Waals surface area contributed by atoms with Crippen LogP contribution in [0.4, 0.5) is 0 Å². The van der Waals surface area contributed by atoms with Gasteiger partial charge in [0, 0.05) is 30.4 Å². The average molecular weight is 364 g/mol. The summed E-state index contributed by atoms with van der Waals surface area (Å²) in [5.41, 5.74) is 5.42. The first-order valence-electron chi connectivity index (χ1n) is 10.4. The molecule has 5 nitrogen and oxygen atoms in total. The Kier molecular flexibility index (Phi) is 4.27. The van der Waals surface area contributed by atoms with Crippen molar-refractivity contribution < 1.29 is 4.79 Å². The zero-order valence-corrected chi connectivity index (χ0v) is 16.2. The Labute approximate surface area is 161 Å². The Hall–Kier alpha value is -2.14. The van der Waals surface area contributed by atoms with Crippen LogP contribution in [0.3, 0.4) is 0 Å². The Bertz CT molecular complexity index is 848. The van der Waals surface area contributed by atoms with E-state index in [1.54, 1.807) is 0 Å². The first-order valence-corrected chi connectivity index (χ1v) is 10.4. The van der Waals surface area contributed by atoms with E-state index in [1.807, 2.05) is 9.58 Å². The van der Waals surface area contributed by atoms with Gasteiger partial charge in [-0.2, -0.15) is 5.10 Å². The quantitative estimate of drug-likeness (QED) is 0.841. The van der Waals surface area contributed by atoms with E-state index in [0.29, 0.717) is 11.7 Å². The summed E-state index contributed by atoms with van der Waals surface area (Å²) >= 11 is 0. The lowest BCUT2D eigenvalue weighted by Crippen LogP contribution is -2.37. The van der Waals surface area contributed by atoms with E-state index in [0.717, 1.165) is 44.5 Å². The van der Waals surface area contributed by atoms with Gasteiger partial charge in [0.25, 0.3) is 5.91 Å². The number of nitrogens with zero attached hydrogens (tertiary/aromatic N) is 4. The van der Waals surface area contributed by atoms with E-state index >= 15 is 0 Å². The lowest BCUT2D eigenvalue weighted by atomic mass is 10.2. The van der Waals surface area contributed by atoms with Crippen LogP contribution in [0.25, 0.3) is 5.69 Å². The standard InChI is InChI=1S/C22H28N4O/c1-16-7-9-17(10-8-16)26-20-6-4-5-19(20)21(23-26)22(27)25-14-11-18(15-25)24-12-2-3-13-24/h7-10,18H,2-6,11-15H2,1H3. The lowest BCUT2D eigenvalue weighted by Gasteiger charge is -2.23. The van der Waals surface area contributed by atoms with E-state index in [1.165, 1.54) is 42.8 Å². The molecule has 1 atom stereocenters. The smallest absolute Gasteiger partial charge is 0.274 e. The molecule has 142 valence electrons. The molecule has 3 heterocycles. The third-order valence-electron chi connectivity index (χ3n) is 6.52. The highest BCUT2D eigenvalue weighted by Crippen LogP contribution is 2.30. The Morgan fingerprint density at radius 3 is 2.59 bits per heavy atom. The molecule has 0 N–H and O–H groups in total. The number of fused-ring (bicyclic) bond motifs is 1. The largest absolute Gasteiger partial charge is 0.336 e. The highest BCUT2D eigenvalue weighted by molar-refractivity contribution is 5.94. The molecule has 5 heteroatoms. The van der Waals surface area contributed by atoms with E-state index in [-0.39, 0.29) is 5.91 Å². The zero-order chi connectivity index (χ0) is 18.4. The van der Waals surface area contributed by atoms with Crippen molar-refractivity contribution in [2.75, 3.05) is 26.2 Å². The van der Waals surface area contributed by atoms with Crippen LogP contribution in [0.15, 0.2) is 24.3 Å². The van der Waals surface area contributed by atoms with Crippen molar-refractivity contribution in [1.82, 2.24) is 19.6 Å². The highest BCUT2D eigenvalue weighted by atomic mass is 16.2. The van der Waals surface area contributed by atoms with E-state index in [4.69, 9.17) is 5.10 Å². The molecule has 2 saturated heterocycles. The number of carbonyl (C=O) groups excluding carboxylic acids is 1. The predicted molar refractivity (Wildman–Crippen MR) is 105 cm³/mol. The van der Waals surface area contributed by atoms with Gasteiger partial charge in [-0.15, -0.1) is 0 Å². The monoisotopic (exact) mass is 364 g/mol. The summed E-state index contributed by atoms with van der Waals surface area (Å²) in [7, 11) is 0. The Balaban J connectivity index is 1.41. The van der Waals surface area contributed by atoms with Gasteiger partial charge in [0.2, 0.25) is 0 Å². The molecule has 1 unspecified atom stereocenters. The third-order valence-corrected chi connectivity index (χ3v) is 6.52. The average Bonchev–Trinajstić information content (AvgIpc) is 3.45. The maximum atomic E-state index is 13.3. The number of hydrogen-bond donors (Lipinski definition) is 0. The van der Waals surface area contributed by atoms with Crippen molar-refractivity contribution in [2.24, 2.45) is 0 Å². The molecule has 0 radical (unpaired) electrons. The van der Waals surface area contributed by atoms with Gasteiger partial charge >= 0.3 is 0 Å². The van der Waals surface area contributed by atoms with Crippen LogP contribution in [0, 0.1) is 6.92 Å². The van der Waals surface area contributed by atoms with Crippen LogP contribution in [-0.4, -0.2) is 57.7 Å². The normalized spacial score (nSPS) is 22.6. The molecule has 2 aromatic rings. The number of hydrogen-bond acceptors (Lipinski definition) is 3. The number of amides is 1. The van der Waals surface area contributed by atoms with E-state index in [2.05, 4.69) is 36.1 Å². The maximum absolute atomic E-state index is 13.3. The minimum absolute atomic E-state index is 0.140. The molecule has 27 heavy (non-hydrogen) atoms. The van der Waals surface area contributed by atoms with Gasteiger partial charge in [0.1, 0.15) is 0 Å². The van der Waals surface area contributed by atoms with E-state index < -0.39 is 0 Å². The summed E-state index contributed by atoms with van der Waals surface area (Å²) in [6.07, 6.45) is 6.83. The molecule has 1 aliphatic carbocycles. The van der Waals surface area contributed by atoms with Crippen LogP contribution >= 0.6 is 0 Å². The van der Waals surface area contributed by atoms with Gasteiger partial charge in [0.15, 0.2) is 5.69 Å². The van der Waals surface area contributed by atoms with Crippen molar-refractivity contribution >= 4 is 5.91 Å². The first-order chi connectivity index (χ1) is 13.2. The molecule has 2 fully saturated rings. The minimum Gasteiger partial charge on any atom is -0.336 e. The maximum Gasteiger partial charge on any atom is 0.274 e. The minimum atomic E-state index is 0.140. The van der Waals surface area contributed by atoms with Crippen molar-refractivity contribution in [1.29, 1.82) is 0 Å². The third kappa shape index (κ3) is 2.98. The summed E-state index contributed by atoms with van der Waals surface area (Å²) < 4.78 is 2.02. The van der Waals surface area contributed by atoms with Crippen LogP contribution < -0.4 is 0 Å². The number of aromatic nitrogens is 2. The summed E-state index contributed by atoms with van der Waals surface area (Å²) in [6.45, 7) is 6.22. The van der Waals surface area contributed by atoms with Gasteiger partial charge in [-0.25, -0.2) is 4.68 Å². The van der Waals surface area contributed by atoms with E-state index in [9.17, 15) is 4.79 Å². The molecule has 0 spiro atoms. The highest BCUT2D eigenvalue weighted by Gasteiger charge is 2.35. The van der Waals surface area contributed by atoms with Crippen LogP contribution in [0.1, 0.15) is 53.0 Å². The van der Waals surface area contributed by atoms with Gasteiger partial charge < -0.3 is 4.90 Å². The Morgan fingerprint density at radius 1 is 1.04 bits per heavy atom. The number of carbonyl (C=O) groups is 1. The fraction of sp³-hybridized carbons (Fsp3) is 0.545. The van der Waals surface area contributed by atoms with Crippen molar-refractivity contribution in [2.45, 2.75) is 51.5 Å². The number of aryl methyl sites for hydroxylation is 1. The summed E-state index contributed by atoms with van der Waals surface area (Å²) in [4.78, 5) is 17.9. The van der Waals surface area contributed by atoms with Crippen LogP contribution in [-0.2, 0) is 12.8 Å². The number of likely N-dealkylation sites (tertiary alicyclic amines) is 2. The molecule has 0 bridgehead atoms. The molecule has 0 saturated carbocycles. The zero-order valence-electron chi connectivity index (χ0n) is 16.2.